The van der Waals surface area contributed by atoms with Crippen molar-refractivity contribution in [2.45, 2.75) is 12.6 Å². The highest BCUT2D eigenvalue weighted by molar-refractivity contribution is 9.10. The molecule has 1 heterocycles. The average molecular weight is 369 g/mol. The van der Waals surface area contributed by atoms with Crippen LogP contribution < -0.4 is 14.8 Å². The van der Waals surface area contributed by atoms with Crippen molar-refractivity contribution >= 4 is 27.5 Å². The predicted octanol–water partition coefficient (Wildman–Crippen LogP) is 4.03. The van der Waals surface area contributed by atoms with Crippen LogP contribution in [0.4, 0.5) is 0 Å². The smallest absolute Gasteiger partial charge is 0.161 e. The lowest BCUT2D eigenvalue weighted by Gasteiger charge is -2.26. The highest BCUT2D eigenvalue weighted by Gasteiger charge is 2.19. The lowest BCUT2D eigenvalue weighted by atomic mass is 10.2. The first-order valence-electron chi connectivity index (χ1n) is 6.75. The summed E-state index contributed by atoms with van der Waals surface area (Å²) in [6, 6.07) is 13.5. The van der Waals surface area contributed by atoms with Crippen molar-refractivity contribution in [2.75, 3.05) is 13.2 Å². The Labute approximate surface area is 137 Å². The first kappa shape index (κ1) is 14.7. The van der Waals surface area contributed by atoms with Crippen molar-refractivity contribution in [3.63, 3.8) is 0 Å². The maximum Gasteiger partial charge on any atom is 0.161 e. The average Bonchev–Trinajstić information content (AvgIpc) is 2.49. The fraction of sp³-hybridized carbons (Fsp3) is 0.250. The molecule has 1 N–H and O–H groups in total. The fourth-order valence-electron chi connectivity index (χ4n) is 2.20. The summed E-state index contributed by atoms with van der Waals surface area (Å²) in [6.45, 7) is 2.04. The van der Waals surface area contributed by atoms with Crippen LogP contribution in [0.2, 0.25) is 5.02 Å². The molecule has 1 atom stereocenters. The highest BCUT2D eigenvalue weighted by Crippen LogP contribution is 2.30. The fourth-order valence-corrected chi connectivity index (χ4v) is 3.02. The molecular weight excluding hydrogens is 354 g/mol. The topological polar surface area (TPSA) is 30.5 Å². The molecular formula is C16H15BrClNO2. The number of fused-ring (bicyclic) bond motifs is 1. The maximum atomic E-state index is 5.93. The molecule has 2 aromatic carbocycles. The zero-order valence-corrected chi connectivity index (χ0v) is 13.7. The molecule has 1 aliphatic heterocycles. The minimum Gasteiger partial charge on any atom is -0.486 e. The van der Waals surface area contributed by atoms with E-state index in [1.54, 1.807) is 0 Å². The van der Waals surface area contributed by atoms with Gasteiger partial charge in [0.25, 0.3) is 0 Å². The van der Waals surface area contributed by atoms with Crippen LogP contribution in [0.15, 0.2) is 46.9 Å². The van der Waals surface area contributed by atoms with E-state index in [-0.39, 0.29) is 6.10 Å². The molecule has 1 aliphatic rings. The number of hydrogen-bond acceptors (Lipinski definition) is 3. The van der Waals surface area contributed by atoms with Gasteiger partial charge in [0, 0.05) is 22.6 Å². The van der Waals surface area contributed by atoms with Crippen LogP contribution in [0.25, 0.3) is 0 Å². The third-order valence-corrected chi connectivity index (χ3v) is 4.24. The molecule has 0 spiro atoms. The van der Waals surface area contributed by atoms with Crippen molar-refractivity contribution < 1.29 is 9.47 Å². The summed E-state index contributed by atoms with van der Waals surface area (Å²) >= 11 is 9.45. The Morgan fingerprint density at radius 1 is 1.19 bits per heavy atom. The molecule has 0 amide bonds. The summed E-state index contributed by atoms with van der Waals surface area (Å²) in [5, 5.41) is 4.11. The van der Waals surface area contributed by atoms with Crippen molar-refractivity contribution in [3.05, 3.63) is 57.5 Å². The summed E-state index contributed by atoms with van der Waals surface area (Å²) in [5.74, 6) is 1.62. The van der Waals surface area contributed by atoms with Gasteiger partial charge in [-0.2, -0.15) is 0 Å². The second kappa shape index (κ2) is 6.69. The van der Waals surface area contributed by atoms with Crippen molar-refractivity contribution in [3.8, 4) is 11.5 Å². The van der Waals surface area contributed by atoms with E-state index >= 15 is 0 Å². The molecule has 3 rings (SSSR count). The number of benzene rings is 2. The van der Waals surface area contributed by atoms with Crippen LogP contribution >= 0.6 is 27.5 Å². The molecule has 0 aliphatic carbocycles. The zero-order chi connectivity index (χ0) is 14.7. The number of hydrogen-bond donors (Lipinski definition) is 1. The van der Waals surface area contributed by atoms with Gasteiger partial charge in [-0.05, 0) is 29.8 Å². The summed E-state index contributed by atoms with van der Waals surface area (Å²) in [4.78, 5) is 0. The molecule has 0 aromatic heterocycles. The van der Waals surface area contributed by atoms with Crippen LogP contribution in [0, 0.1) is 0 Å². The van der Waals surface area contributed by atoms with E-state index < -0.39 is 0 Å². The lowest BCUT2D eigenvalue weighted by Crippen LogP contribution is -2.38. The van der Waals surface area contributed by atoms with Gasteiger partial charge < -0.3 is 14.8 Å². The molecule has 5 heteroatoms. The summed E-state index contributed by atoms with van der Waals surface area (Å²) in [6.07, 6.45) is 0.0194. The Bertz CT molecular complexity index is 635. The molecule has 0 saturated carbocycles. The van der Waals surface area contributed by atoms with Gasteiger partial charge >= 0.3 is 0 Å². The third-order valence-electron chi connectivity index (χ3n) is 3.27. The highest BCUT2D eigenvalue weighted by atomic mass is 79.9. The second-order valence-corrected chi connectivity index (χ2v) is 6.16. The van der Waals surface area contributed by atoms with E-state index in [1.807, 2.05) is 42.5 Å². The van der Waals surface area contributed by atoms with Gasteiger partial charge in [-0.25, -0.2) is 0 Å². The van der Waals surface area contributed by atoms with Gasteiger partial charge in [-0.15, -0.1) is 0 Å². The Morgan fingerprint density at radius 2 is 2.00 bits per heavy atom. The van der Waals surface area contributed by atoms with Crippen LogP contribution in [0.3, 0.4) is 0 Å². The number of para-hydroxylation sites is 2. The Morgan fingerprint density at radius 3 is 2.81 bits per heavy atom. The Hall–Kier alpha value is -1.23. The summed E-state index contributed by atoms with van der Waals surface area (Å²) < 4.78 is 12.6. The lowest BCUT2D eigenvalue weighted by molar-refractivity contribution is 0.0902. The molecule has 21 heavy (non-hydrogen) atoms. The standard InChI is InChI=1S/C16H15BrClNO2/c17-14-7-12(18)6-5-11(14)8-19-9-13-10-20-15-3-1-2-4-16(15)21-13/h1-7,13,19H,8-10H2. The van der Waals surface area contributed by atoms with Gasteiger partial charge in [0.05, 0.1) is 0 Å². The molecule has 0 radical (unpaired) electrons. The summed E-state index contributed by atoms with van der Waals surface area (Å²) in [7, 11) is 0. The van der Waals surface area contributed by atoms with Crippen LogP contribution in [0.5, 0.6) is 11.5 Å². The molecule has 1 unspecified atom stereocenters. The Kier molecular flexibility index (Phi) is 4.68. The van der Waals surface area contributed by atoms with Gasteiger partial charge in [-0.1, -0.05) is 45.7 Å². The van der Waals surface area contributed by atoms with Gasteiger partial charge in [-0.3, -0.25) is 0 Å². The third kappa shape index (κ3) is 3.70. The van der Waals surface area contributed by atoms with Crippen molar-refractivity contribution in [2.24, 2.45) is 0 Å². The van der Waals surface area contributed by atoms with Gasteiger partial charge in [0.2, 0.25) is 0 Å². The van der Waals surface area contributed by atoms with Crippen LogP contribution in [-0.4, -0.2) is 19.3 Å². The number of halogens is 2. The van der Waals surface area contributed by atoms with E-state index in [4.69, 9.17) is 21.1 Å². The first-order chi connectivity index (χ1) is 10.2. The molecule has 2 aromatic rings. The summed E-state index contributed by atoms with van der Waals surface area (Å²) in [5.41, 5.74) is 1.16. The largest absolute Gasteiger partial charge is 0.486 e. The predicted molar refractivity (Wildman–Crippen MR) is 87.2 cm³/mol. The minimum atomic E-state index is 0.0194. The minimum absolute atomic E-state index is 0.0194. The van der Waals surface area contributed by atoms with Crippen molar-refractivity contribution in [1.82, 2.24) is 5.32 Å². The number of ether oxygens (including phenoxy) is 2. The monoisotopic (exact) mass is 367 g/mol. The molecule has 0 saturated heterocycles. The second-order valence-electron chi connectivity index (χ2n) is 4.86. The Balaban J connectivity index is 1.52. The van der Waals surface area contributed by atoms with E-state index in [9.17, 15) is 0 Å². The quantitative estimate of drug-likeness (QED) is 0.884. The normalized spacial score (nSPS) is 16.8. The first-order valence-corrected chi connectivity index (χ1v) is 7.92. The van der Waals surface area contributed by atoms with Crippen molar-refractivity contribution in [1.29, 1.82) is 0 Å². The van der Waals surface area contributed by atoms with Crippen LogP contribution in [0.1, 0.15) is 5.56 Å². The van der Waals surface area contributed by atoms with Gasteiger partial charge in [0.15, 0.2) is 11.5 Å². The maximum absolute atomic E-state index is 5.93. The van der Waals surface area contributed by atoms with E-state index in [1.165, 1.54) is 0 Å². The number of nitrogens with one attached hydrogen (secondary N) is 1. The molecule has 0 fully saturated rings. The zero-order valence-electron chi connectivity index (χ0n) is 11.3. The SMILES string of the molecule is Clc1ccc(CNCC2COc3ccccc3O2)c(Br)c1. The van der Waals surface area contributed by atoms with E-state index in [2.05, 4.69) is 21.2 Å². The molecule has 110 valence electrons. The van der Waals surface area contributed by atoms with E-state index in [0.717, 1.165) is 39.6 Å². The molecule has 3 nitrogen and oxygen atoms in total. The van der Waals surface area contributed by atoms with E-state index in [0.29, 0.717) is 6.61 Å². The van der Waals surface area contributed by atoms with Crippen LogP contribution in [-0.2, 0) is 6.54 Å². The number of rotatable bonds is 4. The van der Waals surface area contributed by atoms with Gasteiger partial charge in [0.1, 0.15) is 12.7 Å². The molecule has 0 bridgehead atoms.